The maximum atomic E-state index is 11.3. The molecule has 1 aliphatic rings. The van der Waals surface area contributed by atoms with Gasteiger partial charge in [-0.1, -0.05) is 0 Å². The molecule has 84 valence electrons. The van der Waals surface area contributed by atoms with Gasteiger partial charge in [0.15, 0.2) is 0 Å². The molecule has 16 heavy (non-hydrogen) atoms. The Balaban J connectivity index is 2.12. The van der Waals surface area contributed by atoms with Crippen molar-refractivity contribution in [3.05, 3.63) is 18.0 Å². The summed E-state index contributed by atoms with van der Waals surface area (Å²) < 4.78 is 0. The normalized spacial score (nSPS) is 19.2. The summed E-state index contributed by atoms with van der Waals surface area (Å²) >= 11 is 0. The Morgan fingerprint density at radius 1 is 1.62 bits per heavy atom. The molecule has 0 spiro atoms. The molecule has 4 N–H and O–H groups in total. The summed E-state index contributed by atoms with van der Waals surface area (Å²) in [6, 6.07) is 1.07. The third-order valence-corrected chi connectivity index (χ3v) is 2.26. The number of hydrogen-bond donors (Lipinski definition) is 3. The second-order valence-electron chi connectivity index (χ2n) is 3.41. The third kappa shape index (κ3) is 2.08. The monoisotopic (exact) mass is 221 g/mol. The Morgan fingerprint density at radius 2 is 2.44 bits per heavy atom. The first kappa shape index (κ1) is 10.3. The van der Waals surface area contributed by atoms with Crippen LogP contribution in [0.25, 0.3) is 0 Å². The van der Waals surface area contributed by atoms with Gasteiger partial charge >= 0.3 is 0 Å². The molecule has 7 nitrogen and oxygen atoms in total. The van der Waals surface area contributed by atoms with Gasteiger partial charge in [0.25, 0.3) is 5.91 Å². The third-order valence-electron chi connectivity index (χ3n) is 2.26. The van der Waals surface area contributed by atoms with E-state index in [-0.39, 0.29) is 23.6 Å². The second-order valence-corrected chi connectivity index (χ2v) is 3.41. The molecule has 0 radical (unpaired) electrons. The average Bonchev–Trinajstić information content (AvgIpc) is 2.65. The van der Waals surface area contributed by atoms with E-state index in [9.17, 15) is 9.59 Å². The minimum atomic E-state index is -0.624. The fourth-order valence-electron chi connectivity index (χ4n) is 1.45. The highest BCUT2D eigenvalue weighted by atomic mass is 16.2. The molecule has 7 heteroatoms. The molecule has 1 saturated heterocycles. The Morgan fingerprint density at radius 3 is 3.06 bits per heavy atom. The predicted octanol–water partition coefficient (Wildman–Crippen LogP) is -1.12. The molecule has 1 fully saturated rings. The van der Waals surface area contributed by atoms with Crippen molar-refractivity contribution in [3.63, 3.8) is 0 Å². The highest BCUT2D eigenvalue weighted by Gasteiger charge is 2.24. The molecular weight excluding hydrogens is 210 g/mol. The van der Waals surface area contributed by atoms with E-state index in [2.05, 4.69) is 20.6 Å². The summed E-state index contributed by atoms with van der Waals surface area (Å²) in [6.07, 6.45) is 2.09. The van der Waals surface area contributed by atoms with Crippen LogP contribution in [-0.2, 0) is 4.79 Å². The van der Waals surface area contributed by atoms with E-state index in [0.29, 0.717) is 13.0 Å². The fraction of sp³-hybridized carbons (Fsp3) is 0.333. The highest BCUT2D eigenvalue weighted by molar-refractivity contribution is 5.91. The molecule has 0 aliphatic carbocycles. The van der Waals surface area contributed by atoms with Crippen molar-refractivity contribution < 1.29 is 9.59 Å². The summed E-state index contributed by atoms with van der Waals surface area (Å²) in [7, 11) is 0. The zero-order valence-electron chi connectivity index (χ0n) is 8.43. The van der Waals surface area contributed by atoms with Crippen LogP contribution >= 0.6 is 0 Å². The lowest BCUT2D eigenvalue weighted by atomic mass is 10.2. The van der Waals surface area contributed by atoms with Gasteiger partial charge < -0.3 is 16.4 Å². The molecule has 2 rings (SSSR count). The van der Waals surface area contributed by atoms with Crippen LogP contribution in [0.3, 0.4) is 0 Å². The molecule has 1 atom stereocenters. The van der Waals surface area contributed by atoms with Gasteiger partial charge in [0, 0.05) is 12.7 Å². The van der Waals surface area contributed by atoms with E-state index < -0.39 is 5.91 Å². The fourth-order valence-corrected chi connectivity index (χ4v) is 1.45. The summed E-state index contributed by atoms with van der Waals surface area (Å²) in [5.41, 5.74) is 5.20. The maximum Gasteiger partial charge on any atom is 0.267 e. The number of nitrogens with two attached hydrogens (primary N) is 1. The van der Waals surface area contributed by atoms with Gasteiger partial charge in [-0.15, -0.1) is 0 Å². The number of carbonyl (C=O) groups excluding carboxylic acids is 2. The van der Waals surface area contributed by atoms with Crippen LogP contribution < -0.4 is 16.4 Å². The van der Waals surface area contributed by atoms with Gasteiger partial charge in [0.1, 0.15) is 11.7 Å². The van der Waals surface area contributed by atoms with Gasteiger partial charge in [-0.3, -0.25) is 9.59 Å². The summed E-state index contributed by atoms with van der Waals surface area (Å²) in [6.45, 7) is 0.631. The van der Waals surface area contributed by atoms with Crippen molar-refractivity contribution in [2.75, 3.05) is 11.9 Å². The molecular formula is C9H11N5O2. The second kappa shape index (κ2) is 4.13. The van der Waals surface area contributed by atoms with Crippen LogP contribution in [0.5, 0.6) is 0 Å². The summed E-state index contributed by atoms with van der Waals surface area (Å²) in [4.78, 5) is 30.0. The quantitative estimate of drug-likeness (QED) is 0.598. The number of nitrogens with one attached hydrogen (secondary N) is 2. The summed E-state index contributed by atoms with van der Waals surface area (Å²) in [5, 5.41) is 5.52. The Bertz CT molecular complexity index is 434. The first-order chi connectivity index (χ1) is 7.66. The zero-order valence-corrected chi connectivity index (χ0v) is 8.43. The summed E-state index contributed by atoms with van der Waals surface area (Å²) in [5.74, 6) is -0.479. The van der Waals surface area contributed by atoms with E-state index >= 15 is 0 Å². The topological polar surface area (TPSA) is 110 Å². The van der Waals surface area contributed by atoms with Gasteiger partial charge in [0.05, 0.1) is 0 Å². The number of anilines is 1. The van der Waals surface area contributed by atoms with Gasteiger partial charge in [-0.2, -0.15) is 0 Å². The van der Waals surface area contributed by atoms with E-state index in [1.807, 2.05) is 0 Å². The molecule has 1 aromatic heterocycles. The van der Waals surface area contributed by atoms with Crippen molar-refractivity contribution in [1.82, 2.24) is 15.3 Å². The average molecular weight is 221 g/mol. The van der Waals surface area contributed by atoms with Crippen LogP contribution in [0.4, 0.5) is 5.95 Å². The molecule has 1 aromatic rings. The van der Waals surface area contributed by atoms with Crippen LogP contribution in [0.1, 0.15) is 16.9 Å². The molecule has 1 aliphatic heterocycles. The molecule has 2 heterocycles. The number of carbonyl (C=O) groups is 2. The molecule has 0 aromatic carbocycles. The van der Waals surface area contributed by atoms with Crippen LogP contribution in [0, 0.1) is 0 Å². The first-order valence-corrected chi connectivity index (χ1v) is 4.84. The van der Waals surface area contributed by atoms with Gasteiger partial charge in [0.2, 0.25) is 11.9 Å². The van der Waals surface area contributed by atoms with E-state index in [1.165, 1.54) is 12.3 Å². The standard InChI is InChI=1S/C9H11N5O2/c10-7(15)5-1-4-12-9(13-5)14-6-2-3-11-8(6)16/h1,4,6H,2-3H2,(H2,10,15)(H,11,16)(H,12,13,14). The van der Waals surface area contributed by atoms with Crippen LogP contribution in [-0.4, -0.2) is 34.4 Å². The van der Waals surface area contributed by atoms with Crippen LogP contribution in [0.15, 0.2) is 12.3 Å². The predicted molar refractivity (Wildman–Crippen MR) is 55.6 cm³/mol. The highest BCUT2D eigenvalue weighted by Crippen LogP contribution is 2.07. The SMILES string of the molecule is NC(=O)c1ccnc(NC2CCNC2=O)n1. The lowest BCUT2D eigenvalue weighted by Crippen LogP contribution is -2.30. The van der Waals surface area contributed by atoms with Gasteiger partial charge in [-0.05, 0) is 12.5 Å². The zero-order chi connectivity index (χ0) is 11.5. The largest absolute Gasteiger partial charge is 0.364 e. The van der Waals surface area contributed by atoms with E-state index in [0.717, 1.165) is 0 Å². The Labute approximate surface area is 91.5 Å². The minimum absolute atomic E-state index is 0.0897. The lowest BCUT2D eigenvalue weighted by Gasteiger charge is -2.09. The lowest BCUT2D eigenvalue weighted by molar-refractivity contribution is -0.119. The maximum absolute atomic E-state index is 11.3. The van der Waals surface area contributed by atoms with Crippen molar-refractivity contribution >= 4 is 17.8 Å². The molecule has 0 saturated carbocycles. The van der Waals surface area contributed by atoms with Crippen molar-refractivity contribution in [3.8, 4) is 0 Å². The number of aromatic nitrogens is 2. The Kier molecular flexibility index (Phi) is 2.67. The minimum Gasteiger partial charge on any atom is -0.364 e. The Hall–Kier alpha value is -2.18. The van der Waals surface area contributed by atoms with Crippen molar-refractivity contribution in [2.45, 2.75) is 12.5 Å². The number of hydrogen-bond acceptors (Lipinski definition) is 5. The number of rotatable bonds is 3. The van der Waals surface area contributed by atoms with Crippen LogP contribution in [0.2, 0.25) is 0 Å². The van der Waals surface area contributed by atoms with Crippen molar-refractivity contribution in [1.29, 1.82) is 0 Å². The number of primary amides is 1. The first-order valence-electron chi connectivity index (χ1n) is 4.84. The number of amides is 2. The smallest absolute Gasteiger partial charge is 0.267 e. The number of nitrogens with zero attached hydrogens (tertiary/aromatic N) is 2. The van der Waals surface area contributed by atoms with Crippen molar-refractivity contribution in [2.24, 2.45) is 5.73 Å². The molecule has 0 bridgehead atoms. The van der Waals surface area contributed by atoms with E-state index in [4.69, 9.17) is 5.73 Å². The van der Waals surface area contributed by atoms with E-state index in [1.54, 1.807) is 0 Å². The molecule has 1 unspecified atom stereocenters. The van der Waals surface area contributed by atoms with Gasteiger partial charge in [-0.25, -0.2) is 9.97 Å². The molecule has 2 amide bonds.